The zero-order valence-electron chi connectivity index (χ0n) is 9.49. The molecule has 2 nitrogen and oxygen atoms in total. The minimum Gasteiger partial charge on any atom is -0.465 e. The summed E-state index contributed by atoms with van der Waals surface area (Å²) in [6.45, 7) is 2.01. The molecule has 2 rings (SSSR count). The Morgan fingerprint density at radius 2 is 2.18 bits per heavy atom. The van der Waals surface area contributed by atoms with E-state index in [1.807, 2.05) is 36.6 Å². The van der Waals surface area contributed by atoms with Crippen LogP contribution in [-0.2, 0) is 4.74 Å². The van der Waals surface area contributed by atoms with E-state index in [-0.39, 0.29) is 5.97 Å². The fourth-order valence-corrected chi connectivity index (χ4v) is 2.97. The number of rotatable bonds is 2. The molecule has 0 bridgehead atoms. The maximum absolute atomic E-state index is 11.7. The van der Waals surface area contributed by atoms with E-state index in [0.717, 1.165) is 20.5 Å². The van der Waals surface area contributed by atoms with Crippen molar-refractivity contribution in [2.75, 3.05) is 7.11 Å². The number of hydrogen-bond donors (Lipinski definition) is 0. The van der Waals surface area contributed by atoms with Crippen LogP contribution in [0.1, 0.15) is 15.2 Å². The quantitative estimate of drug-likeness (QED) is 0.774. The topological polar surface area (TPSA) is 26.3 Å². The highest BCUT2D eigenvalue weighted by molar-refractivity contribution is 9.10. The van der Waals surface area contributed by atoms with Gasteiger partial charge in [-0.3, -0.25) is 0 Å². The van der Waals surface area contributed by atoms with Crippen molar-refractivity contribution in [3.63, 3.8) is 0 Å². The number of aryl methyl sites for hydroxylation is 1. The Labute approximate surface area is 112 Å². The molecule has 0 aliphatic carbocycles. The lowest BCUT2D eigenvalue weighted by Gasteiger charge is -2.05. The first kappa shape index (κ1) is 12.3. The summed E-state index contributed by atoms with van der Waals surface area (Å²) in [6, 6.07) is 7.91. The summed E-state index contributed by atoms with van der Waals surface area (Å²) in [5, 5.41) is 1.84. The summed E-state index contributed by atoms with van der Waals surface area (Å²) < 4.78 is 5.79. The maximum atomic E-state index is 11.7. The van der Waals surface area contributed by atoms with E-state index in [1.54, 1.807) is 11.3 Å². The Morgan fingerprint density at radius 3 is 2.82 bits per heavy atom. The molecule has 17 heavy (non-hydrogen) atoms. The normalized spacial score (nSPS) is 10.3. The third kappa shape index (κ3) is 2.42. The monoisotopic (exact) mass is 310 g/mol. The molecule has 4 heteroatoms. The fourth-order valence-electron chi connectivity index (χ4n) is 1.72. The largest absolute Gasteiger partial charge is 0.465 e. The van der Waals surface area contributed by atoms with Gasteiger partial charge in [0.2, 0.25) is 0 Å². The molecule has 1 aromatic carbocycles. The molecule has 0 aliphatic rings. The van der Waals surface area contributed by atoms with Crippen LogP contribution in [0.15, 0.2) is 34.1 Å². The number of thiophene rings is 1. The van der Waals surface area contributed by atoms with Crippen molar-refractivity contribution < 1.29 is 9.53 Å². The summed E-state index contributed by atoms with van der Waals surface area (Å²) in [6.07, 6.45) is 0. The second-order valence-corrected chi connectivity index (χ2v) is 5.58. The second-order valence-electron chi connectivity index (χ2n) is 3.58. The lowest BCUT2D eigenvalue weighted by atomic mass is 10.0. The number of hydrogen-bond acceptors (Lipinski definition) is 3. The summed E-state index contributed by atoms with van der Waals surface area (Å²) >= 11 is 5.00. The van der Waals surface area contributed by atoms with Crippen LogP contribution in [0.25, 0.3) is 11.1 Å². The van der Waals surface area contributed by atoms with Gasteiger partial charge in [0.1, 0.15) is 0 Å². The number of ether oxygens (including phenoxy) is 1. The first-order valence-corrected chi connectivity index (χ1v) is 6.73. The first-order chi connectivity index (χ1) is 8.13. The number of carbonyl (C=O) groups excluding carboxylic acids is 1. The Hall–Kier alpha value is -1.13. The Bertz CT molecular complexity index is 560. The molecule has 0 N–H and O–H groups in total. The van der Waals surface area contributed by atoms with E-state index >= 15 is 0 Å². The molecule has 0 atom stereocenters. The van der Waals surface area contributed by atoms with Gasteiger partial charge in [-0.05, 0) is 24.6 Å². The molecule has 0 fully saturated rings. The van der Waals surface area contributed by atoms with Gasteiger partial charge in [-0.25, -0.2) is 4.79 Å². The van der Waals surface area contributed by atoms with E-state index < -0.39 is 0 Å². The lowest BCUT2D eigenvalue weighted by molar-refractivity contribution is 0.0602. The van der Waals surface area contributed by atoms with Gasteiger partial charge in [-0.2, -0.15) is 0 Å². The van der Waals surface area contributed by atoms with Gasteiger partial charge in [0.05, 0.1) is 12.7 Å². The zero-order valence-corrected chi connectivity index (χ0v) is 11.9. The van der Waals surface area contributed by atoms with Crippen molar-refractivity contribution in [3.8, 4) is 11.1 Å². The minimum atomic E-state index is -0.288. The molecule has 0 radical (unpaired) electrons. The highest BCUT2D eigenvalue weighted by Crippen LogP contribution is 2.33. The Morgan fingerprint density at radius 1 is 1.41 bits per heavy atom. The van der Waals surface area contributed by atoms with Gasteiger partial charge in [-0.1, -0.05) is 28.1 Å². The van der Waals surface area contributed by atoms with Crippen LogP contribution < -0.4 is 0 Å². The van der Waals surface area contributed by atoms with Crippen LogP contribution in [0.5, 0.6) is 0 Å². The number of benzene rings is 1. The number of methoxy groups -OCH3 is 1. The smallest absolute Gasteiger partial charge is 0.339 e. The highest BCUT2D eigenvalue weighted by Gasteiger charge is 2.17. The van der Waals surface area contributed by atoms with Crippen molar-refractivity contribution in [2.45, 2.75) is 6.92 Å². The van der Waals surface area contributed by atoms with Crippen LogP contribution in [0.4, 0.5) is 0 Å². The number of carbonyl (C=O) groups is 1. The molecule has 0 spiro atoms. The van der Waals surface area contributed by atoms with Crippen LogP contribution in [0, 0.1) is 6.92 Å². The molecule has 1 aromatic heterocycles. The molecule has 0 aliphatic heterocycles. The van der Waals surface area contributed by atoms with Gasteiger partial charge in [0.15, 0.2) is 0 Å². The van der Waals surface area contributed by atoms with Crippen LogP contribution >= 0.6 is 27.3 Å². The van der Waals surface area contributed by atoms with E-state index in [9.17, 15) is 4.79 Å². The van der Waals surface area contributed by atoms with Gasteiger partial charge >= 0.3 is 5.97 Å². The molecule has 88 valence electrons. The third-order valence-corrected chi connectivity index (χ3v) is 3.90. The standard InChI is InChI=1S/C13H11BrO2S/c1-8-12(9-4-3-5-10(14)6-9)11(7-17-8)13(15)16-2/h3-7H,1-2H3. The van der Waals surface area contributed by atoms with Crippen LogP contribution in [-0.4, -0.2) is 13.1 Å². The molecule has 2 aromatic rings. The van der Waals surface area contributed by atoms with E-state index in [4.69, 9.17) is 4.74 Å². The summed E-state index contributed by atoms with van der Waals surface area (Å²) in [4.78, 5) is 12.8. The lowest BCUT2D eigenvalue weighted by Crippen LogP contribution is -2.01. The fraction of sp³-hybridized carbons (Fsp3) is 0.154. The Kier molecular flexibility index (Phi) is 3.64. The van der Waals surface area contributed by atoms with Gasteiger partial charge < -0.3 is 4.74 Å². The number of esters is 1. The van der Waals surface area contributed by atoms with Gasteiger partial charge in [0, 0.05) is 20.3 Å². The van der Waals surface area contributed by atoms with Crippen molar-refractivity contribution in [1.82, 2.24) is 0 Å². The Balaban J connectivity index is 2.58. The summed E-state index contributed by atoms with van der Waals surface area (Å²) in [5.41, 5.74) is 2.62. The average molecular weight is 311 g/mol. The van der Waals surface area contributed by atoms with E-state index in [1.165, 1.54) is 7.11 Å². The molecule has 0 saturated carbocycles. The third-order valence-electron chi connectivity index (χ3n) is 2.49. The van der Waals surface area contributed by atoms with E-state index in [2.05, 4.69) is 15.9 Å². The number of halogens is 1. The highest BCUT2D eigenvalue weighted by atomic mass is 79.9. The molecule has 1 heterocycles. The second kappa shape index (κ2) is 5.02. The SMILES string of the molecule is COC(=O)c1csc(C)c1-c1cccc(Br)c1. The summed E-state index contributed by atoms with van der Waals surface area (Å²) in [5.74, 6) is -0.288. The average Bonchev–Trinajstić information content (AvgIpc) is 2.70. The predicted octanol–water partition coefficient (Wildman–Crippen LogP) is 4.27. The minimum absolute atomic E-state index is 0.288. The van der Waals surface area contributed by atoms with Crippen molar-refractivity contribution in [3.05, 3.63) is 44.6 Å². The summed E-state index contributed by atoms with van der Waals surface area (Å²) in [7, 11) is 1.40. The van der Waals surface area contributed by atoms with Crippen molar-refractivity contribution in [1.29, 1.82) is 0 Å². The first-order valence-electron chi connectivity index (χ1n) is 5.06. The van der Waals surface area contributed by atoms with Crippen LogP contribution in [0.2, 0.25) is 0 Å². The predicted molar refractivity (Wildman–Crippen MR) is 73.5 cm³/mol. The van der Waals surface area contributed by atoms with Crippen molar-refractivity contribution in [2.24, 2.45) is 0 Å². The molecule has 0 amide bonds. The molecular formula is C13H11BrO2S. The molecule has 0 saturated heterocycles. The van der Waals surface area contributed by atoms with Crippen molar-refractivity contribution >= 4 is 33.2 Å². The molecular weight excluding hydrogens is 300 g/mol. The maximum Gasteiger partial charge on any atom is 0.339 e. The van der Waals surface area contributed by atoms with Gasteiger partial charge in [-0.15, -0.1) is 11.3 Å². The molecule has 0 unspecified atom stereocenters. The van der Waals surface area contributed by atoms with Gasteiger partial charge in [0.25, 0.3) is 0 Å². The van der Waals surface area contributed by atoms with E-state index in [0.29, 0.717) is 5.56 Å². The zero-order chi connectivity index (χ0) is 12.4. The van der Waals surface area contributed by atoms with Crippen LogP contribution in [0.3, 0.4) is 0 Å².